The number of hydrogen-bond donors (Lipinski definition) is 2. The fourth-order valence-electron chi connectivity index (χ4n) is 4.26. The van der Waals surface area contributed by atoms with Crippen molar-refractivity contribution in [2.75, 3.05) is 0 Å². The molecule has 5 aromatic rings. The Kier molecular flexibility index (Phi) is 6.89. The van der Waals surface area contributed by atoms with E-state index < -0.39 is 23.5 Å². The summed E-state index contributed by atoms with van der Waals surface area (Å²) in [4.78, 5) is 24.6. The third-order valence-electron chi connectivity index (χ3n) is 6.05. The number of nitrogens with one attached hydrogen (secondary N) is 1. The monoisotopic (exact) mass is 531 g/mol. The van der Waals surface area contributed by atoms with Crippen molar-refractivity contribution in [3.63, 3.8) is 0 Å². The van der Waals surface area contributed by atoms with Gasteiger partial charge in [0.1, 0.15) is 11.6 Å². The average molecular weight is 532 g/mol. The highest BCUT2D eigenvalue weighted by atomic mass is 35.5. The molecule has 1 amide bonds. The predicted octanol–water partition coefficient (Wildman–Crippen LogP) is 6.31. The molecule has 0 fully saturated rings. The van der Waals surface area contributed by atoms with E-state index in [0.717, 1.165) is 11.6 Å². The van der Waals surface area contributed by atoms with E-state index in [0.29, 0.717) is 33.6 Å². The second-order valence-electron chi connectivity index (χ2n) is 8.74. The van der Waals surface area contributed by atoms with Crippen LogP contribution in [0, 0.1) is 11.6 Å². The maximum atomic E-state index is 14.0. The Morgan fingerprint density at radius 2 is 1.61 bits per heavy atom. The molecule has 2 N–H and O–H groups in total. The molecule has 4 aromatic carbocycles. The number of aromatic carboxylic acids is 1. The number of carbonyl (C=O) groups excluding carboxylic acids is 1. The minimum atomic E-state index is -1.04. The quantitative estimate of drug-likeness (QED) is 0.258. The average Bonchev–Trinajstić information content (AvgIpc) is 3.29. The molecule has 1 heterocycles. The van der Waals surface area contributed by atoms with Gasteiger partial charge in [-0.3, -0.25) is 9.48 Å². The van der Waals surface area contributed by atoms with E-state index in [4.69, 9.17) is 16.7 Å². The molecule has 0 atom stereocenters. The van der Waals surface area contributed by atoms with Crippen LogP contribution in [0.4, 0.5) is 8.78 Å². The molecular weight excluding hydrogens is 512 g/mol. The zero-order valence-electron chi connectivity index (χ0n) is 19.8. The van der Waals surface area contributed by atoms with Crippen molar-refractivity contribution < 1.29 is 23.5 Å². The first-order valence-corrected chi connectivity index (χ1v) is 12.0. The summed E-state index contributed by atoms with van der Waals surface area (Å²) < 4.78 is 29.6. The summed E-state index contributed by atoms with van der Waals surface area (Å²) in [6.45, 7) is 0.483. The van der Waals surface area contributed by atoms with Crippen LogP contribution in [0.1, 0.15) is 31.8 Å². The predicted molar refractivity (Wildman–Crippen MR) is 140 cm³/mol. The summed E-state index contributed by atoms with van der Waals surface area (Å²) in [5.41, 5.74) is 3.27. The zero-order chi connectivity index (χ0) is 26.8. The summed E-state index contributed by atoms with van der Waals surface area (Å²) in [7, 11) is 0. The van der Waals surface area contributed by atoms with Crippen molar-refractivity contribution in [1.82, 2.24) is 15.1 Å². The van der Waals surface area contributed by atoms with Crippen LogP contribution in [0.2, 0.25) is 5.02 Å². The summed E-state index contributed by atoms with van der Waals surface area (Å²) in [6, 6.07) is 19.9. The van der Waals surface area contributed by atoms with E-state index in [-0.39, 0.29) is 23.2 Å². The third kappa shape index (κ3) is 5.40. The molecule has 0 aliphatic heterocycles. The Hall–Kier alpha value is -4.56. The fraction of sp³-hybridized carbons (Fsp3) is 0.0690. The van der Waals surface area contributed by atoms with E-state index in [1.54, 1.807) is 47.3 Å². The van der Waals surface area contributed by atoms with Crippen LogP contribution in [0.3, 0.4) is 0 Å². The molecular formula is C29H20ClF2N3O3. The molecule has 0 unspecified atom stereocenters. The fourth-order valence-corrected chi connectivity index (χ4v) is 4.48. The molecule has 0 spiro atoms. The maximum absolute atomic E-state index is 14.0. The lowest BCUT2D eigenvalue weighted by molar-refractivity contribution is 0.0696. The molecule has 0 saturated carbocycles. The SMILES string of the molecule is O=C(O)c1ccc(CNC(=O)c2cc(-c3cc(F)cc(F)c3)cc3cnn(Cc4cccc(Cl)c4)c23)cc1. The molecule has 0 saturated heterocycles. The molecule has 5 rings (SSSR count). The highest BCUT2D eigenvalue weighted by molar-refractivity contribution is 6.30. The van der Waals surface area contributed by atoms with Crippen LogP contribution in [0.25, 0.3) is 22.0 Å². The van der Waals surface area contributed by atoms with Gasteiger partial charge < -0.3 is 10.4 Å². The summed E-state index contributed by atoms with van der Waals surface area (Å²) in [6.07, 6.45) is 1.60. The molecule has 0 bridgehead atoms. The minimum absolute atomic E-state index is 0.140. The van der Waals surface area contributed by atoms with Crippen LogP contribution in [-0.4, -0.2) is 26.8 Å². The van der Waals surface area contributed by atoms with Crippen molar-refractivity contribution >= 4 is 34.4 Å². The Labute approximate surface area is 221 Å². The lowest BCUT2D eigenvalue weighted by Crippen LogP contribution is -2.24. The number of fused-ring (bicyclic) bond motifs is 1. The van der Waals surface area contributed by atoms with Crippen LogP contribution in [0.15, 0.2) is 85.1 Å². The van der Waals surface area contributed by atoms with E-state index in [1.165, 1.54) is 24.3 Å². The molecule has 0 radical (unpaired) electrons. The highest BCUT2D eigenvalue weighted by Crippen LogP contribution is 2.30. The standard InChI is InChI=1S/C29H20ClF2N3O3/c30-23-3-1-2-18(8-23)16-35-27-22(15-34-35)9-20(21-10-24(31)13-25(32)11-21)12-26(27)28(36)33-14-17-4-6-19(7-5-17)29(37)38/h1-13,15H,14,16H2,(H,33,36)(H,37,38). The van der Waals surface area contributed by atoms with Crippen LogP contribution >= 0.6 is 11.6 Å². The first-order valence-electron chi connectivity index (χ1n) is 11.6. The van der Waals surface area contributed by atoms with E-state index in [9.17, 15) is 18.4 Å². The zero-order valence-corrected chi connectivity index (χ0v) is 20.5. The second-order valence-corrected chi connectivity index (χ2v) is 9.17. The van der Waals surface area contributed by atoms with Crippen molar-refractivity contribution in [1.29, 1.82) is 0 Å². The normalized spacial score (nSPS) is 11.0. The number of rotatable bonds is 7. The van der Waals surface area contributed by atoms with Gasteiger partial charge in [-0.2, -0.15) is 5.10 Å². The van der Waals surface area contributed by atoms with Gasteiger partial charge in [-0.05, 0) is 70.8 Å². The Balaban J connectivity index is 1.54. The Bertz CT molecular complexity index is 1660. The number of amides is 1. The lowest BCUT2D eigenvalue weighted by Gasteiger charge is -2.12. The van der Waals surface area contributed by atoms with Gasteiger partial charge in [0.15, 0.2) is 0 Å². The number of halogens is 3. The number of carboxylic acids is 1. The molecule has 0 aliphatic carbocycles. The van der Waals surface area contributed by atoms with Gasteiger partial charge >= 0.3 is 5.97 Å². The van der Waals surface area contributed by atoms with Gasteiger partial charge in [-0.1, -0.05) is 35.9 Å². The third-order valence-corrected chi connectivity index (χ3v) is 6.28. The first kappa shape index (κ1) is 25.1. The van der Waals surface area contributed by atoms with Gasteiger partial charge in [0, 0.05) is 23.0 Å². The topological polar surface area (TPSA) is 84.2 Å². The first-order chi connectivity index (χ1) is 18.3. The molecule has 190 valence electrons. The van der Waals surface area contributed by atoms with Gasteiger partial charge in [0.2, 0.25) is 0 Å². The summed E-state index contributed by atoms with van der Waals surface area (Å²) in [5, 5.41) is 17.6. The number of benzene rings is 4. The van der Waals surface area contributed by atoms with Crippen LogP contribution in [-0.2, 0) is 13.1 Å². The van der Waals surface area contributed by atoms with E-state index >= 15 is 0 Å². The Morgan fingerprint density at radius 3 is 2.29 bits per heavy atom. The second kappa shape index (κ2) is 10.4. The maximum Gasteiger partial charge on any atom is 0.335 e. The minimum Gasteiger partial charge on any atom is -0.478 e. The number of nitrogens with zero attached hydrogens (tertiary/aromatic N) is 2. The van der Waals surface area contributed by atoms with Gasteiger partial charge in [-0.25, -0.2) is 13.6 Å². The Morgan fingerprint density at radius 1 is 0.895 bits per heavy atom. The van der Waals surface area contributed by atoms with Crippen molar-refractivity contribution in [2.45, 2.75) is 13.1 Å². The molecule has 6 nitrogen and oxygen atoms in total. The smallest absolute Gasteiger partial charge is 0.335 e. The van der Waals surface area contributed by atoms with Gasteiger partial charge in [0.25, 0.3) is 5.91 Å². The van der Waals surface area contributed by atoms with Crippen molar-refractivity contribution in [2.24, 2.45) is 0 Å². The van der Waals surface area contributed by atoms with Crippen molar-refractivity contribution in [3.05, 3.63) is 124 Å². The van der Waals surface area contributed by atoms with Crippen molar-refractivity contribution in [3.8, 4) is 11.1 Å². The van der Waals surface area contributed by atoms with Gasteiger partial charge in [-0.15, -0.1) is 0 Å². The lowest BCUT2D eigenvalue weighted by atomic mass is 9.99. The highest BCUT2D eigenvalue weighted by Gasteiger charge is 2.18. The molecule has 1 aromatic heterocycles. The number of hydrogen-bond acceptors (Lipinski definition) is 3. The molecule has 0 aliphatic rings. The van der Waals surface area contributed by atoms with Crippen LogP contribution in [0.5, 0.6) is 0 Å². The number of aromatic nitrogens is 2. The van der Waals surface area contributed by atoms with Gasteiger partial charge in [0.05, 0.1) is 29.4 Å². The van der Waals surface area contributed by atoms with E-state index in [1.807, 2.05) is 12.1 Å². The summed E-state index contributed by atoms with van der Waals surface area (Å²) in [5.74, 6) is -2.93. The largest absolute Gasteiger partial charge is 0.478 e. The van der Waals surface area contributed by atoms with E-state index in [2.05, 4.69) is 10.4 Å². The number of carboxylic acid groups (broad SMARTS) is 1. The summed E-state index contributed by atoms with van der Waals surface area (Å²) >= 11 is 6.14. The molecule has 9 heteroatoms. The number of carbonyl (C=O) groups is 2. The molecule has 38 heavy (non-hydrogen) atoms. The van der Waals surface area contributed by atoms with Crippen LogP contribution < -0.4 is 5.32 Å².